The lowest BCUT2D eigenvalue weighted by molar-refractivity contribution is -0.155. The summed E-state index contributed by atoms with van der Waals surface area (Å²) in [6.07, 6.45) is 1.21. The highest BCUT2D eigenvalue weighted by molar-refractivity contribution is 7.70. The summed E-state index contributed by atoms with van der Waals surface area (Å²) < 4.78 is 20.2. The van der Waals surface area contributed by atoms with E-state index in [0.29, 0.717) is 19.4 Å². The van der Waals surface area contributed by atoms with Crippen molar-refractivity contribution in [3.8, 4) is 0 Å². The molecule has 0 spiro atoms. The fraction of sp³-hybridized carbons (Fsp3) is 0.714. The first kappa shape index (κ1) is 11.9. The molecule has 86 valence electrons. The van der Waals surface area contributed by atoms with Crippen molar-refractivity contribution in [2.45, 2.75) is 25.8 Å². The van der Waals surface area contributed by atoms with Gasteiger partial charge in [-0.3, -0.25) is 4.79 Å². The second-order valence-corrected chi connectivity index (χ2v) is 3.84. The number of carbonyl (C=O) groups is 2. The van der Waals surface area contributed by atoms with Gasteiger partial charge in [0.25, 0.3) is 0 Å². The smallest absolute Gasteiger partial charge is 0.348 e. The predicted molar refractivity (Wildman–Crippen MR) is 50.0 cm³/mol. The van der Waals surface area contributed by atoms with Gasteiger partial charge in [0.2, 0.25) is 16.8 Å². The Morgan fingerprint density at radius 1 is 1.47 bits per heavy atom. The van der Waals surface area contributed by atoms with Gasteiger partial charge in [0.1, 0.15) is 6.04 Å². The van der Waals surface area contributed by atoms with Crippen LogP contribution in [0.5, 0.6) is 0 Å². The van der Waals surface area contributed by atoms with E-state index in [1.807, 2.05) is 0 Å². The zero-order valence-corrected chi connectivity index (χ0v) is 9.03. The van der Waals surface area contributed by atoms with Crippen LogP contribution in [0.3, 0.4) is 0 Å². The number of nitrogens with zero attached hydrogens (tertiary/aromatic N) is 1. The third kappa shape index (κ3) is 3.17. The molecule has 0 bridgehead atoms. The van der Waals surface area contributed by atoms with E-state index >= 15 is 0 Å². The number of hydrogen-bond donors (Lipinski definition) is 2. The van der Waals surface area contributed by atoms with Crippen LogP contribution in [0.1, 0.15) is 19.8 Å². The molecule has 0 radical (unpaired) electrons. The molecule has 8 heteroatoms. The molecule has 1 fully saturated rings. The molecule has 1 unspecified atom stereocenters. The van der Waals surface area contributed by atoms with E-state index in [4.69, 9.17) is 0 Å². The van der Waals surface area contributed by atoms with Crippen molar-refractivity contribution in [3.05, 3.63) is 0 Å². The molecule has 1 aliphatic rings. The summed E-state index contributed by atoms with van der Waals surface area (Å²) in [6, 6.07) is -0.676. The molecule has 0 aromatic rings. The molecule has 1 heterocycles. The first-order valence-electron chi connectivity index (χ1n) is 4.40. The second-order valence-electron chi connectivity index (χ2n) is 3.14. The lowest BCUT2D eigenvalue weighted by atomic mass is 10.2. The summed E-state index contributed by atoms with van der Waals surface area (Å²) in [6.45, 7) is 1.85. The molecule has 1 aliphatic heterocycles. The van der Waals surface area contributed by atoms with Crippen LogP contribution in [0.25, 0.3) is 0 Å². The molecule has 1 amide bonds. The third-order valence-corrected chi connectivity index (χ3v) is 2.39. The summed E-state index contributed by atoms with van der Waals surface area (Å²) in [5.74, 6) is -0.970. The second kappa shape index (κ2) is 5.08. The van der Waals surface area contributed by atoms with Crippen LogP contribution in [0.2, 0.25) is 0 Å². The van der Waals surface area contributed by atoms with Gasteiger partial charge in [-0.1, -0.05) is 0 Å². The topological polar surface area (TPSA) is 92.8 Å². The number of thiol groups is 1. The normalized spacial score (nSPS) is 20.7. The van der Waals surface area contributed by atoms with Crippen LogP contribution in [0.15, 0.2) is 0 Å². The number of likely N-dealkylation sites (tertiary alicyclic amines) is 1. The zero-order chi connectivity index (χ0) is 11.4. The number of rotatable bonds is 3. The predicted octanol–water partition coefficient (Wildman–Crippen LogP) is -1.43. The van der Waals surface area contributed by atoms with E-state index in [0.717, 1.165) is 0 Å². The van der Waals surface area contributed by atoms with Crippen LogP contribution in [-0.2, 0) is 25.3 Å². The zero-order valence-electron chi connectivity index (χ0n) is 8.13. The summed E-state index contributed by atoms with van der Waals surface area (Å²) in [4.78, 5) is 29.6. The molecular formula is C7H12N2O5S. The largest absolute Gasteiger partial charge is 0.354 e. The highest BCUT2D eigenvalue weighted by atomic mass is 32.2. The summed E-state index contributed by atoms with van der Waals surface area (Å²) in [7, 11) is -2.97. The molecule has 1 N–H and O–H groups in total. The number of amides is 1. The first-order chi connectivity index (χ1) is 7.02. The van der Waals surface area contributed by atoms with Gasteiger partial charge >= 0.3 is 5.97 Å². The van der Waals surface area contributed by atoms with Crippen molar-refractivity contribution in [2.75, 3.05) is 6.54 Å². The van der Waals surface area contributed by atoms with Gasteiger partial charge in [0.15, 0.2) is 0 Å². The maximum absolute atomic E-state index is 11.3. The van der Waals surface area contributed by atoms with Crippen LogP contribution in [-0.4, -0.2) is 37.8 Å². The molecule has 7 nitrogen and oxygen atoms in total. The molecule has 1 saturated heterocycles. The lowest BCUT2D eigenvalue weighted by Gasteiger charge is -2.20. The van der Waals surface area contributed by atoms with E-state index in [-0.39, 0.29) is 5.91 Å². The molecule has 1 atom stereocenters. The Balaban J connectivity index is 2.54. The quantitative estimate of drug-likeness (QED) is 0.463. The Morgan fingerprint density at radius 2 is 2.13 bits per heavy atom. The highest BCUT2D eigenvalue weighted by Crippen LogP contribution is 2.17. The standard InChI is InChI=1S/C7H12N2O5S/c1-5(10)9-4-2-3-6(9)7(11)14-8-15(12)13/h6,15H,2-4H2,1H3,(H,8,12,13). The average molecular weight is 236 g/mol. The minimum absolute atomic E-state index is 0.221. The fourth-order valence-corrected chi connectivity index (χ4v) is 1.70. The van der Waals surface area contributed by atoms with E-state index in [9.17, 15) is 18.0 Å². The monoisotopic (exact) mass is 236 g/mol. The molecule has 0 aliphatic carbocycles. The Morgan fingerprint density at radius 3 is 2.67 bits per heavy atom. The van der Waals surface area contributed by atoms with Crippen molar-refractivity contribution in [1.82, 2.24) is 9.79 Å². The highest BCUT2D eigenvalue weighted by Gasteiger charge is 2.33. The number of nitrogens with one attached hydrogen (secondary N) is 1. The van der Waals surface area contributed by atoms with E-state index in [2.05, 4.69) is 4.84 Å². The van der Waals surface area contributed by atoms with Gasteiger partial charge < -0.3 is 9.74 Å². The van der Waals surface area contributed by atoms with Gasteiger partial charge in [-0.15, -0.1) is 0 Å². The van der Waals surface area contributed by atoms with Crippen LogP contribution >= 0.6 is 0 Å². The average Bonchev–Trinajstić information content (AvgIpc) is 2.62. The SMILES string of the molecule is CC(=O)N1CCCC1C(=O)ON[SH](=O)=O. The van der Waals surface area contributed by atoms with Crippen molar-refractivity contribution in [2.24, 2.45) is 0 Å². The van der Waals surface area contributed by atoms with E-state index < -0.39 is 22.9 Å². The van der Waals surface area contributed by atoms with E-state index in [1.165, 1.54) is 11.8 Å². The van der Waals surface area contributed by atoms with Crippen molar-refractivity contribution in [1.29, 1.82) is 0 Å². The maximum Gasteiger partial charge on any atom is 0.348 e. The number of hydrogen-bond acceptors (Lipinski definition) is 5. The third-order valence-electron chi connectivity index (χ3n) is 2.15. The van der Waals surface area contributed by atoms with Gasteiger partial charge in [0.05, 0.1) is 0 Å². The molecule has 0 aromatic carbocycles. The fourth-order valence-electron chi connectivity index (χ4n) is 1.54. The van der Waals surface area contributed by atoms with Crippen LogP contribution in [0, 0.1) is 0 Å². The molecule has 1 rings (SSSR count). The minimum Gasteiger partial charge on any atom is -0.354 e. The van der Waals surface area contributed by atoms with Crippen LogP contribution < -0.4 is 4.89 Å². The summed E-state index contributed by atoms with van der Waals surface area (Å²) in [5.41, 5.74) is 0. The Labute approximate surface area is 88.4 Å². The first-order valence-corrected chi connectivity index (χ1v) is 5.58. The van der Waals surface area contributed by atoms with Gasteiger partial charge in [-0.25, -0.2) is 13.2 Å². The molecule has 15 heavy (non-hydrogen) atoms. The van der Waals surface area contributed by atoms with Gasteiger partial charge in [0, 0.05) is 13.5 Å². The van der Waals surface area contributed by atoms with Gasteiger partial charge in [-0.05, 0) is 17.7 Å². The Kier molecular flexibility index (Phi) is 4.04. The number of carbonyl (C=O) groups excluding carboxylic acids is 2. The van der Waals surface area contributed by atoms with Crippen molar-refractivity contribution >= 4 is 22.8 Å². The summed E-state index contributed by atoms with van der Waals surface area (Å²) in [5, 5.41) is 0. The molecule has 0 saturated carbocycles. The maximum atomic E-state index is 11.3. The Bertz CT molecular complexity index is 332. The van der Waals surface area contributed by atoms with Gasteiger partial charge in [-0.2, -0.15) is 0 Å². The van der Waals surface area contributed by atoms with Crippen molar-refractivity contribution < 1.29 is 22.8 Å². The van der Waals surface area contributed by atoms with Crippen molar-refractivity contribution in [3.63, 3.8) is 0 Å². The molecule has 0 aromatic heterocycles. The summed E-state index contributed by atoms with van der Waals surface area (Å²) >= 11 is 0. The minimum atomic E-state index is -2.97. The molecular weight excluding hydrogens is 224 g/mol. The lowest BCUT2D eigenvalue weighted by Crippen LogP contribution is -2.41. The Hall–Kier alpha value is -1.15. The van der Waals surface area contributed by atoms with E-state index in [1.54, 1.807) is 4.89 Å². The van der Waals surface area contributed by atoms with Crippen LogP contribution in [0.4, 0.5) is 0 Å².